The van der Waals surface area contributed by atoms with Crippen molar-refractivity contribution >= 4 is 0 Å². The first-order valence-electron chi connectivity index (χ1n) is 5.04. The monoisotopic (exact) mass is 241 g/mol. The molecule has 6 nitrogen and oxygen atoms in total. The summed E-state index contributed by atoms with van der Waals surface area (Å²) in [5.41, 5.74) is 0.373. The van der Waals surface area contributed by atoms with E-state index in [2.05, 4.69) is 0 Å². The number of ether oxygens (including phenoxy) is 2. The van der Waals surface area contributed by atoms with E-state index < -0.39 is 17.1 Å². The molecule has 0 saturated carbocycles. The Morgan fingerprint density at radius 3 is 2.47 bits per heavy atom. The number of benzene rings is 1. The van der Waals surface area contributed by atoms with Crippen LogP contribution in [0.2, 0.25) is 0 Å². The summed E-state index contributed by atoms with van der Waals surface area (Å²) >= 11 is 0. The summed E-state index contributed by atoms with van der Waals surface area (Å²) in [6.45, 7) is 1.34. The van der Waals surface area contributed by atoms with E-state index >= 15 is 0 Å². The number of aliphatic hydroxyl groups is 1. The average Bonchev–Trinajstić information content (AvgIpc) is 2.35. The fraction of sp³-hybridized carbons (Fsp3) is 0.455. The third-order valence-electron chi connectivity index (χ3n) is 2.55. The Morgan fingerprint density at radius 1 is 1.35 bits per heavy atom. The molecule has 0 unspecified atom stereocenters. The van der Waals surface area contributed by atoms with Crippen molar-refractivity contribution in [1.29, 1.82) is 0 Å². The van der Waals surface area contributed by atoms with Crippen molar-refractivity contribution < 1.29 is 19.5 Å². The normalized spacial score (nSPS) is 13.9. The zero-order valence-corrected chi connectivity index (χ0v) is 9.91. The van der Waals surface area contributed by atoms with Crippen LogP contribution in [0, 0.1) is 10.1 Å². The van der Waals surface area contributed by atoms with Crippen molar-refractivity contribution in [1.82, 2.24) is 0 Å². The lowest BCUT2D eigenvalue weighted by Crippen LogP contribution is -2.24. The molecule has 0 spiro atoms. The fourth-order valence-corrected chi connectivity index (χ4v) is 1.44. The molecule has 2 atom stereocenters. The Morgan fingerprint density at radius 2 is 2.00 bits per heavy atom. The zero-order chi connectivity index (χ0) is 13.0. The van der Waals surface area contributed by atoms with Crippen LogP contribution in [0.25, 0.3) is 0 Å². The predicted octanol–water partition coefficient (Wildman–Crippen LogP) is 1.40. The van der Waals surface area contributed by atoms with Crippen LogP contribution < -0.4 is 9.47 Å². The molecule has 1 aromatic carbocycles. The van der Waals surface area contributed by atoms with Crippen LogP contribution in [0.5, 0.6) is 11.5 Å². The molecule has 94 valence electrons. The number of nitrogens with zero attached hydrogens (tertiary/aromatic N) is 1. The molecule has 1 N–H and O–H groups in total. The Balaban J connectivity index is 3.08. The van der Waals surface area contributed by atoms with E-state index in [-0.39, 0.29) is 0 Å². The quantitative estimate of drug-likeness (QED) is 0.622. The summed E-state index contributed by atoms with van der Waals surface area (Å²) in [6, 6.07) is 3.65. The molecule has 0 saturated heterocycles. The molecule has 0 fully saturated rings. The molecule has 6 heteroatoms. The van der Waals surface area contributed by atoms with Crippen LogP contribution in [0.4, 0.5) is 0 Å². The van der Waals surface area contributed by atoms with Crippen LogP contribution in [0.15, 0.2) is 18.2 Å². The zero-order valence-electron chi connectivity index (χ0n) is 9.91. The molecule has 0 aliphatic rings. The van der Waals surface area contributed by atoms with Crippen LogP contribution in [0.3, 0.4) is 0 Å². The van der Waals surface area contributed by atoms with Gasteiger partial charge in [0.2, 0.25) is 6.04 Å². The Labute approximate surface area is 98.9 Å². The molecule has 0 amide bonds. The van der Waals surface area contributed by atoms with Gasteiger partial charge in [-0.15, -0.1) is 0 Å². The third kappa shape index (κ3) is 2.85. The molecule has 0 aliphatic heterocycles. The lowest BCUT2D eigenvalue weighted by atomic mass is 10.0. The minimum atomic E-state index is -1.22. The second-order valence-corrected chi connectivity index (χ2v) is 3.58. The topological polar surface area (TPSA) is 81.8 Å². The maximum absolute atomic E-state index is 10.6. The van der Waals surface area contributed by atoms with Crippen LogP contribution in [-0.4, -0.2) is 30.3 Å². The van der Waals surface area contributed by atoms with Gasteiger partial charge >= 0.3 is 0 Å². The fourth-order valence-electron chi connectivity index (χ4n) is 1.44. The number of hydrogen-bond donors (Lipinski definition) is 1. The third-order valence-corrected chi connectivity index (χ3v) is 2.55. The SMILES string of the molecule is COc1ccc([C@H](O)[C@@H](C)[N+](=O)[O-])c(OC)c1. The van der Waals surface area contributed by atoms with E-state index in [1.54, 1.807) is 18.2 Å². The lowest BCUT2D eigenvalue weighted by Gasteiger charge is -2.16. The summed E-state index contributed by atoms with van der Waals surface area (Å²) < 4.78 is 10.1. The molecule has 0 aliphatic carbocycles. The smallest absolute Gasteiger partial charge is 0.240 e. The summed E-state index contributed by atoms with van der Waals surface area (Å²) in [4.78, 5) is 10.1. The summed E-state index contributed by atoms with van der Waals surface area (Å²) in [7, 11) is 2.94. The highest BCUT2D eigenvalue weighted by Gasteiger charge is 2.28. The highest BCUT2D eigenvalue weighted by atomic mass is 16.6. The van der Waals surface area contributed by atoms with Gasteiger partial charge in [-0.3, -0.25) is 10.1 Å². The van der Waals surface area contributed by atoms with Gasteiger partial charge in [-0.2, -0.15) is 0 Å². The Bertz CT molecular complexity index is 407. The molecule has 0 bridgehead atoms. The first-order chi connectivity index (χ1) is 8.01. The Kier molecular flexibility index (Phi) is 4.28. The molecule has 0 radical (unpaired) electrons. The number of rotatable bonds is 5. The standard InChI is InChI=1S/C11H15NO5/c1-7(12(14)15)11(13)9-5-4-8(16-2)6-10(9)17-3/h4-7,11,13H,1-3H3/t7-,11-/m1/s1. The predicted molar refractivity (Wildman–Crippen MR) is 61.0 cm³/mol. The highest BCUT2D eigenvalue weighted by molar-refractivity contribution is 5.42. The number of aliphatic hydroxyl groups excluding tert-OH is 1. The molecule has 0 aromatic heterocycles. The number of nitro groups is 1. The second kappa shape index (κ2) is 5.49. The maximum Gasteiger partial charge on any atom is 0.240 e. The molecule has 17 heavy (non-hydrogen) atoms. The first-order valence-corrected chi connectivity index (χ1v) is 5.04. The minimum absolute atomic E-state index is 0.366. The van der Waals surface area contributed by atoms with Crippen LogP contribution in [-0.2, 0) is 0 Å². The highest BCUT2D eigenvalue weighted by Crippen LogP contribution is 2.31. The Hall–Kier alpha value is -1.82. The minimum Gasteiger partial charge on any atom is -0.497 e. The second-order valence-electron chi connectivity index (χ2n) is 3.58. The van der Waals surface area contributed by atoms with E-state index in [0.717, 1.165) is 0 Å². The van der Waals surface area contributed by atoms with Gasteiger partial charge < -0.3 is 14.6 Å². The van der Waals surface area contributed by atoms with Crippen LogP contribution >= 0.6 is 0 Å². The largest absolute Gasteiger partial charge is 0.497 e. The lowest BCUT2D eigenvalue weighted by molar-refractivity contribution is -0.531. The molecular formula is C11H15NO5. The molecule has 0 heterocycles. The van der Waals surface area contributed by atoms with Gasteiger partial charge in [-0.25, -0.2) is 0 Å². The van der Waals surface area contributed by atoms with E-state index in [9.17, 15) is 15.2 Å². The van der Waals surface area contributed by atoms with Gasteiger partial charge in [0.05, 0.1) is 14.2 Å². The van der Waals surface area contributed by atoms with Crippen LogP contribution in [0.1, 0.15) is 18.6 Å². The van der Waals surface area contributed by atoms with Crippen molar-refractivity contribution in [2.75, 3.05) is 14.2 Å². The summed E-state index contributed by atoms with van der Waals surface area (Å²) in [6.07, 6.45) is -1.22. The van der Waals surface area contributed by atoms with Gasteiger partial charge in [-0.05, 0) is 12.1 Å². The van der Waals surface area contributed by atoms with E-state index in [0.29, 0.717) is 17.1 Å². The van der Waals surface area contributed by atoms with Gasteiger partial charge in [0, 0.05) is 23.5 Å². The summed E-state index contributed by atoms with van der Waals surface area (Å²) in [5.74, 6) is 0.928. The molecule has 1 rings (SSSR count). The van der Waals surface area contributed by atoms with Gasteiger partial charge in [0.15, 0.2) is 0 Å². The van der Waals surface area contributed by atoms with Crippen molar-refractivity contribution in [2.24, 2.45) is 0 Å². The van der Waals surface area contributed by atoms with Crippen molar-refractivity contribution in [2.45, 2.75) is 19.1 Å². The summed E-state index contributed by atoms with van der Waals surface area (Å²) in [5, 5.41) is 20.5. The van der Waals surface area contributed by atoms with E-state index in [1.165, 1.54) is 21.1 Å². The van der Waals surface area contributed by atoms with Gasteiger partial charge in [0.25, 0.3) is 0 Å². The van der Waals surface area contributed by atoms with Gasteiger partial charge in [-0.1, -0.05) is 0 Å². The first kappa shape index (κ1) is 13.2. The van der Waals surface area contributed by atoms with Gasteiger partial charge in [0.1, 0.15) is 17.6 Å². The van der Waals surface area contributed by atoms with E-state index in [4.69, 9.17) is 9.47 Å². The van der Waals surface area contributed by atoms with Crippen molar-refractivity contribution in [3.8, 4) is 11.5 Å². The maximum atomic E-state index is 10.6. The van der Waals surface area contributed by atoms with Crippen molar-refractivity contribution in [3.63, 3.8) is 0 Å². The number of hydrogen-bond acceptors (Lipinski definition) is 5. The van der Waals surface area contributed by atoms with E-state index in [1.807, 2.05) is 0 Å². The number of methoxy groups -OCH3 is 2. The average molecular weight is 241 g/mol. The van der Waals surface area contributed by atoms with Crippen molar-refractivity contribution in [3.05, 3.63) is 33.9 Å². The molecule has 1 aromatic rings. The molecular weight excluding hydrogens is 226 g/mol.